The summed E-state index contributed by atoms with van der Waals surface area (Å²) >= 11 is 5.90. The van der Waals surface area contributed by atoms with Crippen molar-refractivity contribution < 1.29 is 9.53 Å². The van der Waals surface area contributed by atoms with Gasteiger partial charge in [-0.1, -0.05) is 17.7 Å². The molecule has 1 saturated heterocycles. The number of benzene rings is 1. The van der Waals surface area contributed by atoms with Crippen LogP contribution in [0.4, 0.5) is 5.95 Å². The van der Waals surface area contributed by atoms with Gasteiger partial charge in [-0.2, -0.15) is 15.0 Å². The highest BCUT2D eigenvalue weighted by atomic mass is 35.5. The fourth-order valence-corrected chi connectivity index (χ4v) is 2.70. The number of anilines is 1. The van der Waals surface area contributed by atoms with Gasteiger partial charge < -0.3 is 15.0 Å². The molecule has 7 nitrogen and oxygen atoms in total. The van der Waals surface area contributed by atoms with Crippen LogP contribution < -0.4 is 15.0 Å². The quantitative estimate of drug-likeness (QED) is 0.891. The lowest BCUT2D eigenvalue weighted by Gasteiger charge is -2.16. The van der Waals surface area contributed by atoms with Gasteiger partial charge in [0.1, 0.15) is 0 Å². The smallest absolute Gasteiger partial charge is 0.321 e. The Kier molecular flexibility index (Phi) is 5.10. The second kappa shape index (κ2) is 7.44. The molecule has 0 radical (unpaired) electrons. The highest BCUT2D eigenvalue weighted by Crippen LogP contribution is 2.18. The van der Waals surface area contributed by atoms with E-state index in [4.69, 9.17) is 16.3 Å². The highest BCUT2D eigenvalue weighted by molar-refractivity contribution is 6.30. The molecule has 2 heterocycles. The topological polar surface area (TPSA) is 80.2 Å². The molecule has 0 saturated carbocycles. The molecule has 1 N–H and O–H groups in total. The molecular weight excluding hydrogens is 330 g/mol. The Hall–Kier alpha value is -2.41. The van der Waals surface area contributed by atoms with Crippen LogP contribution >= 0.6 is 11.6 Å². The van der Waals surface area contributed by atoms with Crippen molar-refractivity contribution in [3.63, 3.8) is 0 Å². The molecule has 0 bridgehead atoms. The molecule has 126 valence electrons. The maximum Gasteiger partial charge on any atom is 0.321 e. The summed E-state index contributed by atoms with van der Waals surface area (Å²) < 4.78 is 5.14. The number of amides is 1. The van der Waals surface area contributed by atoms with Gasteiger partial charge in [-0.05, 0) is 31.0 Å². The van der Waals surface area contributed by atoms with Crippen molar-refractivity contribution in [1.29, 1.82) is 0 Å². The zero-order valence-electron chi connectivity index (χ0n) is 13.3. The van der Waals surface area contributed by atoms with Gasteiger partial charge in [-0.25, -0.2) is 0 Å². The normalized spacial score (nSPS) is 13.8. The first kappa shape index (κ1) is 16.4. The maximum absolute atomic E-state index is 12.2. The summed E-state index contributed by atoms with van der Waals surface area (Å²) in [5.74, 6) is 0.810. The van der Waals surface area contributed by atoms with E-state index < -0.39 is 0 Å². The van der Waals surface area contributed by atoms with E-state index in [0.29, 0.717) is 22.4 Å². The average Bonchev–Trinajstić information content (AvgIpc) is 3.14. The third-order valence-electron chi connectivity index (χ3n) is 3.71. The molecule has 24 heavy (non-hydrogen) atoms. The number of halogens is 1. The third kappa shape index (κ3) is 3.91. The molecule has 1 aromatic heterocycles. The van der Waals surface area contributed by atoms with Gasteiger partial charge in [-0.3, -0.25) is 4.79 Å². The van der Waals surface area contributed by atoms with E-state index in [2.05, 4.69) is 25.2 Å². The average molecular weight is 348 g/mol. The van der Waals surface area contributed by atoms with Crippen LogP contribution in [0.3, 0.4) is 0 Å². The third-order valence-corrected chi connectivity index (χ3v) is 3.95. The van der Waals surface area contributed by atoms with Crippen molar-refractivity contribution >= 4 is 23.5 Å². The van der Waals surface area contributed by atoms with Crippen molar-refractivity contribution in [3.05, 3.63) is 40.7 Å². The lowest BCUT2D eigenvalue weighted by molar-refractivity contribution is 0.0949. The Morgan fingerprint density at radius 2 is 2.08 bits per heavy atom. The van der Waals surface area contributed by atoms with E-state index in [9.17, 15) is 4.79 Å². The second-order valence-electron chi connectivity index (χ2n) is 5.43. The summed E-state index contributed by atoms with van der Waals surface area (Å²) in [7, 11) is 1.51. The van der Waals surface area contributed by atoms with E-state index >= 15 is 0 Å². The molecule has 1 aliphatic heterocycles. The van der Waals surface area contributed by atoms with Crippen LogP contribution in [-0.2, 0) is 6.54 Å². The van der Waals surface area contributed by atoms with E-state index in [-0.39, 0.29) is 18.5 Å². The van der Waals surface area contributed by atoms with Gasteiger partial charge in [0.2, 0.25) is 5.95 Å². The molecule has 0 unspecified atom stereocenters. The minimum Gasteiger partial charge on any atom is -0.467 e. The number of carbonyl (C=O) groups is 1. The molecule has 0 spiro atoms. The molecule has 1 amide bonds. The molecule has 3 rings (SSSR count). The number of hydrogen-bond donors (Lipinski definition) is 1. The second-order valence-corrected chi connectivity index (χ2v) is 5.86. The number of aromatic nitrogens is 3. The Labute approximate surface area is 145 Å². The predicted molar refractivity (Wildman–Crippen MR) is 90.4 cm³/mol. The first-order chi connectivity index (χ1) is 11.7. The number of nitrogens with one attached hydrogen (secondary N) is 1. The van der Waals surface area contributed by atoms with Crippen molar-refractivity contribution in [1.82, 2.24) is 20.3 Å². The maximum atomic E-state index is 12.2. The summed E-state index contributed by atoms with van der Waals surface area (Å²) in [5, 5.41) is 3.30. The summed E-state index contributed by atoms with van der Waals surface area (Å²) in [4.78, 5) is 27.2. The fraction of sp³-hybridized carbons (Fsp3) is 0.375. The summed E-state index contributed by atoms with van der Waals surface area (Å²) in [6, 6.07) is 7.01. The van der Waals surface area contributed by atoms with Crippen molar-refractivity contribution in [3.8, 4) is 6.01 Å². The number of methoxy groups -OCH3 is 1. The molecule has 2 aromatic rings. The number of rotatable bonds is 5. The Balaban J connectivity index is 1.72. The summed E-state index contributed by atoms with van der Waals surface area (Å²) in [6.07, 6.45) is 2.24. The van der Waals surface area contributed by atoms with Crippen molar-refractivity contribution in [2.75, 3.05) is 25.1 Å². The van der Waals surface area contributed by atoms with Crippen LogP contribution in [0.15, 0.2) is 24.3 Å². The van der Waals surface area contributed by atoms with Gasteiger partial charge in [0.05, 0.1) is 13.7 Å². The van der Waals surface area contributed by atoms with Gasteiger partial charge in [0.25, 0.3) is 5.91 Å². The van der Waals surface area contributed by atoms with Gasteiger partial charge in [-0.15, -0.1) is 0 Å². The van der Waals surface area contributed by atoms with Crippen LogP contribution in [0.5, 0.6) is 6.01 Å². The van der Waals surface area contributed by atoms with Crippen LogP contribution in [0, 0.1) is 0 Å². The molecule has 8 heteroatoms. The Morgan fingerprint density at radius 3 is 2.79 bits per heavy atom. The highest BCUT2D eigenvalue weighted by Gasteiger charge is 2.18. The minimum absolute atomic E-state index is 0.186. The first-order valence-electron chi connectivity index (χ1n) is 7.73. The van der Waals surface area contributed by atoms with E-state index in [1.165, 1.54) is 7.11 Å². The van der Waals surface area contributed by atoms with Crippen LogP contribution in [0.2, 0.25) is 5.02 Å². The van der Waals surface area contributed by atoms with Crippen LogP contribution in [0.1, 0.15) is 29.0 Å². The van der Waals surface area contributed by atoms with Gasteiger partial charge in [0.15, 0.2) is 5.82 Å². The lowest BCUT2D eigenvalue weighted by atomic mass is 10.2. The first-order valence-corrected chi connectivity index (χ1v) is 8.11. The van der Waals surface area contributed by atoms with E-state index in [1.54, 1.807) is 24.3 Å². The summed E-state index contributed by atoms with van der Waals surface area (Å²) in [6.45, 7) is 2.02. The monoisotopic (exact) mass is 347 g/mol. The van der Waals surface area contributed by atoms with E-state index in [0.717, 1.165) is 25.9 Å². The predicted octanol–water partition coefficient (Wildman–Crippen LogP) is 2.06. The lowest BCUT2D eigenvalue weighted by Crippen LogP contribution is -2.26. The Morgan fingerprint density at radius 1 is 1.29 bits per heavy atom. The molecule has 1 aliphatic rings. The van der Waals surface area contributed by atoms with Crippen LogP contribution in [-0.4, -0.2) is 41.1 Å². The van der Waals surface area contributed by atoms with Crippen LogP contribution in [0.25, 0.3) is 0 Å². The SMILES string of the molecule is COc1nc(CNC(=O)c2cccc(Cl)c2)nc(N2CCCC2)n1. The molecule has 0 atom stereocenters. The minimum atomic E-state index is -0.236. The zero-order valence-corrected chi connectivity index (χ0v) is 14.1. The number of carbonyl (C=O) groups excluding carboxylic acids is 1. The standard InChI is InChI=1S/C16H18ClN5O2/c1-24-16-20-13(19-15(21-16)22-7-2-3-8-22)10-18-14(23)11-5-4-6-12(17)9-11/h4-6,9H,2-3,7-8,10H2,1H3,(H,18,23). The molecule has 1 fully saturated rings. The number of hydrogen-bond acceptors (Lipinski definition) is 6. The molecule has 1 aromatic carbocycles. The molecular formula is C16H18ClN5O2. The number of ether oxygens (including phenoxy) is 1. The van der Waals surface area contributed by atoms with Crippen molar-refractivity contribution in [2.24, 2.45) is 0 Å². The number of nitrogens with zero attached hydrogens (tertiary/aromatic N) is 4. The Bertz CT molecular complexity index is 734. The van der Waals surface area contributed by atoms with Gasteiger partial charge >= 0.3 is 6.01 Å². The largest absolute Gasteiger partial charge is 0.467 e. The zero-order chi connectivity index (χ0) is 16.9. The van der Waals surface area contributed by atoms with Gasteiger partial charge in [0, 0.05) is 23.7 Å². The van der Waals surface area contributed by atoms with Crippen molar-refractivity contribution in [2.45, 2.75) is 19.4 Å². The van der Waals surface area contributed by atoms with E-state index in [1.807, 2.05) is 0 Å². The summed E-state index contributed by atoms with van der Waals surface area (Å²) in [5.41, 5.74) is 0.489. The fourth-order valence-electron chi connectivity index (χ4n) is 2.51. The molecule has 0 aliphatic carbocycles.